The number of hydrogen-bond acceptors (Lipinski definition) is 4. The highest BCUT2D eigenvalue weighted by Gasteiger charge is 2.33. The average molecular weight is 410 g/mol. The zero-order valence-electron chi connectivity index (χ0n) is 15.1. The van der Waals surface area contributed by atoms with Crippen molar-refractivity contribution < 1.29 is 31.8 Å². The van der Waals surface area contributed by atoms with E-state index in [0.717, 1.165) is 18.9 Å². The third-order valence-electron chi connectivity index (χ3n) is 4.50. The molecule has 2 aromatic carbocycles. The van der Waals surface area contributed by atoms with Gasteiger partial charge >= 0.3 is 6.61 Å². The minimum atomic E-state index is -3.37. The van der Waals surface area contributed by atoms with Gasteiger partial charge in [0.05, 0.1) is 17.9 Å². The maximum absolute atomic E-state index is 14.8. The second kappa shape index (κ2) is 8.50. The molecule has 1 aliphatic rings. The molecule has 1 aliphatic carbocycles. The Morgan fingerprint density at radius 3 is 2.34 bits per heavy atom. The number of halogens is 4. The Labute approximate surface area is 163 Å². The van der Waals surface area contributed by atoms with Crippen LogP contribution in [0.2, 0.25) is 0 Å². The molecule has 3 rings (SSSR count). The molecule has 1 atom stereocenters. The molecule has 9 heteroatoms. The van der Waals surface area contributed by atoms with Gasteiger partial charge in [-0.05, 0) is 24.3 Å². The van der Waals surface area contributed by atoms with Gasteiger partial charge in [0.15, 0.2) is 11.6 Å². The summed E-state index contributed by atoms with van der Waals surface area (Å²) in [5.41, 5.74) is 3.87. The number of carbonyl (C=O) groups excluding carboxylic acids is 1. The second-order valence-corrected chi connectivity index (χ2v) is 6.67. The fraction of sp³-hybridized carbons (Fsp3) is 0.300. The quantitative estimate of drug-likeness (QED) is 0.484. The molecule has 2 aromatic rings. The van der Waals surface area contributed by atoms with E-state index in [4.69, 9.17) is 15.9 Å². The SMILES string of the molecule is N=C(c1c(OC(F)F)cc(OCC2CC2)c(F)c1F)C(C(N)=O)c1ccccc1. The number of benzene rings is 2. The molecule has 29 heavy (non-hydrogen) atoms. The van der Waals surface area contributed by atoms with Crippen LogP contribution in [0.3, 0.4) is 0 Å². The molecule has 0 bridgehead atoms. The number of amides is 1. The van der Waals surface area contributed by atoms with Gasteiger partial charge in [0, 0.05) is 6.07 Å². The van der Waals surface area contributed by atoms with Crippen molar-refractivity contribution in [2.45, 2.75) is 25.4 Å². The molecule has 1 fully saturated rings. The first-order chi connectivity index (χ1) is 13.8. The predicted molar refractivity (Wildman–Crippen MR) is 96.4 cm³/mol. The molecule has 1 saturated carbocycles. The summed E-state index contributed by atoms with van der Waals surface area (Å²) < 4.78 is 64.6. The summed E-state index contributed by atoms with van der Waals surface area (Å²) in [5, 5.41) is 8.25. The summed E-state index contributed by atoms with van der Waals surface area (Å²) in [6.07, 6.45) is 1.76. The van der Waals surface area contributed by atoms with Crippen LogP contribution in [-0.2, 0) is 4.79 Å². The Morgan fingerprint density at radius 1 is 1.14 bits per heavy atom. The standard InChI is InChI=1S/C20H18F4N2O3/c21-16-13(28-9-10-6-7-10)8-12(29-20(23)24)15(17(16)22)18(25)14(19(26)27)11-4-2-1-3-5-11/h1-5,8,10,14,20,25H,6-7,9H2,(H2,26,27). The first kappa shape index (κ1) is 20.6. The Balaban J connectivity index is 2.06. The van der Waals surface area contributed by atoms with Gasteiger partial charge in [0.2, 0.25) is 11.7 Å². The number of hydrogen-bond donors (Lipinski definition) is 2. The number of nitrogens with one attached hydrogen (secondary N) is 1. The van der Waals surface area contributed by atoms with Crippen LogP contribution in [0.5, 0.6) is 11.5 Å². The van der Waals surface area contributed by atoms with Crippen molar-refractivity contribution in [1.29, 1.82) is 5.41 Å². The molecule has 3 N–H and O–H groups in total. The Morgan fingerprint density at radius 2 is 1.79 bits per heavy atom. The Bertz CT molecular complexity index is 918. The first-order valence-corrected chi connectivity index (χ1v) is 8.82. The fourth-order valence-corrected chi connectivity index (χ4v) is 2.88. The van der Waals surface area contributed by atoms with Gasteiger partial charge in [0.25, 0.3) is 0 Å². The molecule has 0 aliphatic heterocycles. The first-order valence-electron chi connectivity index (χ1n) is 8.82. The van der Waals surface area contributed by atoms with Gasteiger partial charge in [-0.25, -0.2) is 4.39 Å². The van der Waals surface area contributed by atoms with Crippen LogP contribution in [0.1, 0.15) is 29.9 Å². The lowest BCUT2D eigenvalue weighted by molar-refractivity contribution is -0.118. The molecule has 1 unspecified atom stereocenters. The van der Waals surface area contributed by atoms with Crippen LogP contribution >= 0.6 is 0 Å². The topological polar surface area (TPSA) is 85.4 Å². The van der Waals surface area contributed by atoms with E-state index in [1.165, 1.54) is 12.1 Å². The van der Waals surface area contributed by atoms with Crippen molar-refractivity contribution in [2.24, 2.45) is 11.7 Å². The third kappa shape index (κ3) is 4.67. The summed E-state index contributed by atoms with van der Waals surface area (Å²) >= 11 is 0. The van der Waals surface area contributed by atoms with Crippen molar-refractivity contribution in [1.82, 2.24) is 0 Å². The number of alkyl halides is 2. The summed E-state index contributed by atoms with van der Waals surface area (Å²) in [5.74, 6) is -6.81. The van der Waals surface area contributed by atoms with Gasteiger partial charge in [-0.1, -0.05) is 30.3 Å². The van der Waals surface area contributed by atoms with Gasteiger partial charge in [0.1, 0.15) is 11.7 Å². The third-order valence-corrected chi connectivity index (χ3v) is 4.50. The minimum Gasteiger partial charge on any atom is -0.490 e. The van der Waals surface area contributed by atoms with Crippen molar-refractivity contribution in [2.75, 3.05) is 6.61 Å². The van der Waals surface area contributed by atoms with Crippen molar-refractivity contribution in [3.63, 3.8) is 0 Å². The zero-order chi connectivity index (χ0) is 21.1. The lowest BCUT2D eigenvalue weighted by Crippen LogP contribution is -2.30. The number of nitrogens with two attached hydrogens (primary N) is 1. The zero-order valence-corrected chi connectivity index (χ0v) is 15.1. The number of carbonyl (C=O) groups is 1. The molecule has 5 nitrogen and oxygen atoms in total. The molecule has 0 aromatic heterocycles. The second-order valence-electron chi connectivity index (χ2n) is 6.67. The molecular weight excluding hydrogens is 392 g/mol. The van der Waals surface area contributed by atoms with Gasteiger partial charge in [-0.15, -0.1) is 0 Å². The van der Waals surface area contributed by atoms with Crippen LogP contribution in [0.25, 0.3) is 0 Å². The smallest absolute Gasteiger partial charge is 0.387 e. The van der Waals surface area contributed by atoms with E-state index in [0.29, 0.717) is 0 Å². The summed E-state index contributed by atoms with van der Waals surface area (Å²) in [6, 6.07) is 8.43. The fourth-order valence-electron chi connectivity index (χ4n) is 2.88. The molecule has 0 heterocycles. The van der Waals surface area contributed by atoms with E-state index >= 15 is 0 Å². The monoisotopic (exact) mass is 410 g/mol. The van der Waals surface area contributed by atoms with E-state index in [9.17, 15) is 22.4 Å². The van der Waals surface area contributed by atoms with Crippen LogP contribution in [0.15, 0.2) is 36.4 Å². The Hall–Kier alpha value is -3.10. The van der Waals surface area contributed by atoms with Gasteiger partial charge in [-0.2, -0.15) is 13.2 Å². The molecule has 0 spiro atoms. The van der Waals surface area contributed by atoms with Crippen LogP contribution in [0.4, 0.5) is 17.6 Å². The van der Waals surface area contributed by atoms with Crippen molar-refractivity contribution in [3.8, 4) is 11.5 Å². The summed E-state index contributed by atoms with van der Waals surface area (Å²) in [4.78, 5) is 11.9. The predicted octanol–water partition coefficient (Wildman–Crippen LogP) is 3.99. The molecule has 1 amide bonds. The normalized spacial score (nSPS) is 14.5. The van der Waals surface area contributed by atoms with Crippen LogP contribution in [0, 0.1) is 23.0 Å². The van der Waals surface area contributed by atoms with Gasteiger partial charge < -0.3 is 20.6 Å². The number of rotatable bonds is 9. The summed E-state index contributed by atoms with van der Waals surface area (Å²) in [6.45, 7) is -3.26. The van der Waals surface area contributed by atoms with E-state index in [1.807, 2.05) is 0 Å². The van der Waals surface area contributed by atoms with E-state index in [-0.39, 0.29) is 18.1 Å². The van der Waals surface area contributed by atoms with Crippen LogP contribution < -0.4 is 15.2 Å². The highest BCUT2D eigenvalue weighted by atomic mass is 19.3. The lowest BCUT2D eigenvalue weighted by Gasteiger charge is -2.20. The highest BCUT2D eigenvalue weighted by molar-refractivity contribution is 6.16. The van der Waals surface area contributed by atoms with E-state index in [2.05, 4.69) is 4.74 Å². The Kier molecular flexibility index (Phi) is 6.05. The lowest BCUT2D eigenvalue weighted by atomic mass is 9.88. The number of primary amides is 1. The van der Waals surface area contributed by atoms with Crippen molar-refractivity contribution >= 4 is 11.6 Å². The van der Waals surface area contributed by atoms with Crippen molar-refractivity contribution in [3.05, 3.63) is 59.2 Å². The maximum Gasteiger partial charge on any atom is 0.387 e. The van der Waals surface area contributed by atoms with E-state index in [1.54, 1.807) is 18.2 Å². The molecule has 154 valence electrons. The molecule has 0 radical (unpaired) electrons. The maximum atomic E-state index is 14.8. The van der Waals surface area contributed by atoms with Crippen LogP contribution in [-0.4, -0.2) is 24.8 Å². The minimum absolute atomic E-state index is 0.106. The van der Waals surface area contributed by atoms with E-state index < -0.39 is 52.8 Å². The molecular formula is C20H18F4N2O3. The average Bonchev–Trinajstić information content (AvgIpc) is 3.48. The summed E-state index contributed by atoms with van der Waals surface area (Å²) in [7, 11) is 0. The molecule has 0 saturated heterocycles. The van der Waals surface area contributed by atoms with Gasteiger partial charge in [-0.3, -0.25) is 4.79 Å². The number of ether oxygens (including phenoxy) is 2. The largest absolute Gasteiger partial charge is 0.490 e. The highest BCUT2D eigenvalue weighted by Crippen LogP contribution is 2.37.